The summed E-state index contributed by atoms with van der Waals surface area (Å²) in [6.07, 6.45) is 0. The van der Waals surface area contributed by atoms with Crippen molar-refractivity contribution < 1.29 is 33.5 Å². The number of amides is 2. The van der Waals surface area contributed by atoms with Crippen LogP contribution in [-0.2, 0) is 19.1 Å². The third-order valence-corrected chi connectivity index (χ3v) is 7.55. The number of hydrogen-bond donors (Lipinski definition) is 2. The van der Waals surface area contributed by atoms with Crippen LogP contribution in [0.15, 0.2) is 63.7 Å². The van der Waals surface area contributed by atoms with Gasteiger partial charge in [-0.3, -0.25) is 14.5 Å². The molecule has 2 aliphatic rings. The number of carbonyl (C=O) groups excluding carboxylic acids is 3. The number of esters is 1. The number of ether oxygens (including phenoxy) is 1. The lowest BCUT2D eigenvalue weighted by molar-refractivity contribution is -0.150. The van der Waals surface area contributed by atoms with Gasteiger partial charge in [0.1, 0.15) is 17.1 Å². The third-order valence-electron chi connectivity index (χ3n) is 5.26. The van der Waals surface area contributed by atoms with Crippen LogP contribution in [0, 0.1) is 0 Å². The summed E-state index contributed by atoms with van der Waals surface area (Å²) in [5.74, 6) is -2.40. The molecule has 2 atom stereocenters. The van der Waals surface area contributed by atoms with E-state index >= 15 is 0 Å². The van der Waals surface area contributed by atoms with Gasteiger partial charge in [0.05, 0.1) is 12.4 Å². The number of hydrogen-bond acceptors (Lipinski definition) is 9. The molecule has 2 aliphatic heterocycles. The topological polar surface area (TPSA) is 139 Å². The van der Waals surface area contributed by atoms with E-state index in [-0.39, 0.29) is 52.3 Å². The number of carbonyl (C=O) groups is 4. The SMILES string of the molecule is C=C(C1=C(C(=O)O)N2C(=O)[C@@H](NC(=O)CSc3ccccc3)[C@H]2SC1)c1cc(C(=O)OCC)no1. The summed E-state index contributed by atoms with van der Waals surface area (Å²) in [4.78, 5) is 51.3. The standard InChI is InChI=1S/C23H21N3O7S2/c1-3-32-23(31)15-9-16(33-25-15)12(2)14-10-35-21-18(20(28)26(21)19(14)22(29)30)24-17(27)11-34-13-7-5-4-6-8-13/h4-9,18,21H,2-3,10-11H2,1H3,(H,24,27)(H,29,30)/t18-,21-/m1/s1. The molecule has 1 fully saturated rings. The predicted octanol–water partition coefficient (Wildman–Crippen LogP) is 2.40. The quantitative estimate of drug-likeness (QED) is 0.291. The fourth-order valence-electron chi connectivity index (χ4n) is 3.60. The summed E-state index contributed by atoms with van der Waals surface area (Å²) in [7, 11) is 0. The molecule has 1 aromatic carbocycles. The number of carboxylic acids is 1. The largest absolute Gasteiger partial charge is 0.477 e. The van der Waals surface area contributed by atoms with Crippen molar-refractivity contribution in [1.29, 1.82) is 0 Å². The molecule has 0 unspecified atom stereocenters. The van der Waals surface area contributed by atoms with Gasteiger partial charge in [-0.1, -0.05) is 29.9 Å². The molecule has 12 heteroatoms. The maximum atomic E-state index is 12.9. The first kappa shape index (κ1) is 24.6. The highest BCUT2D eigenvalue weighted by molar-refractivity contribution is 8.00. The molecule has 35 heavy (non-hydrogen) atoms. The molecule has 2 amide bonds. The van der Waals surface area contributed by atoms with Crippen molar-refractivity contribution in [3.63, 3.8) is 0 Å². The summed E-state index contributed by atoms with van der Waals surface area (Å²) in [5.41, 5.74) is 0.152. The van der Waals surface area contributed by atoms with E-state index in [2.05, 4.69) is 17.1 Å². The lowest BCUT2D eigenvalue weighted by Crippen LogP contribution is -2.70. The van der Waals surface area contributed by atoms with Gasteiger partial charge in [-0.05, 0) is 19.1 Å². The molecule has 2 N–H and O–H groups in total. The molecule has 0 bridgehead atoms. The predicted molar refractivity (Wildman–Crippen MR) is 128 cm³/mol. The number of thioether (sulfide) groups is 2. The van der Waals surface area contributed by atoms with E-state index in [0.29, 0.717) is 0 Å². The number of carboxylic acid groups (broad SMARTS) is 1. The van der Waals surface area contributed by atoms with Crippen molar-refractivity contribution >= 4 is 52.8 Å². The van der Waals surface area contributed by atoms with Crippen molar-refractivity contribution in [1.82, 2.24) is 15.4 Å². The zero-order valence-corrected chi connectivity index (χ0v) is 20.2. The number of rotatable bonds is 9. The van der Waals surface area contributed by atoms with Crippen LogP contribution in [0.3, 0.4) is 0 Å². The second-order valence-corrected chi connectivity index (χ2v) is 9.62. The first-order valence-corrected chi connectivity index (χ1v) is 12.6. The normalized spacial score (nSPS) is 19.0. The first-order chi connectivity index (χ1) is 16.8. The van der Waals surface area contributed by atoms with Crippen molar-refractivity contribution in [2.24, 2.45) is 0 Å². The zero-order chi connectivity index (χ0) is 25.1. The number of β-lactam (4-membered cyclic amide) rings is 1. The molecular formula is C23H21N3O7S2. The lowest BCUT2D eigenvalue weighted by Gasteiger charge is -2.49. The molecule has 4 rings (SSSR count). The summed E-state index contributed by atoms with van der Waals surface area (Å²) in [5, 5.41) is 15.7. The first-order valence-electron chi connectivity index (χ1n) is 10.5. The van der Waals surface area contributed by atoms with Crippen LogP contribution >= 0.6 is 23.5 Å². The van der Waals surface area contributed by atoms with E-state index in [0.717, 1.165) is 9.80 Å². The van der Waals surface area contributed by atoms with Crippen molar-refractivity contribution in [2.75, 3.05) is 18.1 Å². The molecule has 1 saturated heterocycles. The van der Waals surface area contributed by atoms with Gasteiger partial charge in [0.2, 0.25) is 5.91 Å². The maximum Gasteiger partial charge on any atom is 0.360 e. The fourth-order valence-corrected chi connectivity index (χ4v) is 5.71. The molecule has 182 valence electrons. The second-order valence-electron chi connectivity index (χ2n) is 7.46. The molecule has 1 aromatic heterocycles. The molecule has 3 heterocycles. The number of aliphatic carboxylic acids is 1. The van der Waals surface area contributed by atoms with Crippen LogP contribution in [-0.4, -0.2) is 68.4 Å². The summed E-state index contributed by atoms with van der Waals surface area (Å²) < 4.78 is 10.0. The highest BCUT2D eigenvalue weighted by Gasteiger charge is 2.54. The van der Waals surface area contributed by atoms with Crippen LogP contribution in [0.25, 0.3) is 5.57 Å². The smallest absolute Gasteiger partial charge is 0.360 e. The molecule has 10 nitrogen and oxygen atoms in total. The Hall–Kier alpha value is -3.51. The Kier molecular flexibility index (Phi) is 7.31. The van der Waals surface area contributed by atoms with Crippen molar-refractivity contribution in [3.05, 3.63) is 65.7 Å². The minimum Gasteiger partial charge on any atom is -0.477 e. The van der Waals surface area contributed by atoms with Gasteiger partial charge in [0.15, 0.2) is 11.5 Å². The van der Waals surface area contributed by atoms with Gasteiger partial charge < -0.3 is 19.7 Å². The van der Waals surface area contributed by atoms with Gasteiger partial charge >= 0.3 is 11.9 Å². The molecular weight excluding hydrogens is 494 g/mol. The van der Waals surface area contributed by atoms with E-state index in [1.165, 1.54) is 29.6 Å². The second kappa shape index (κ2) is 10.4. The van der Waals surface area contributed by atoms with Crippen LogP contribution in [0.2, 0.25) is 0 Å². The number of aromatic nitrogens is 1. The van der Waals surface area contributed by atoms with E-state index < -0.39 is 29.3 Å². The summed E-state index contributed by atoms with van der Waals surface area (Å²) in [6.45, 7) is 5.71. The van der Waals surface area contributed by atoms with Gasteiger partial charge in [-0.15, -0.1) is 23.5 Å². The zero-order valence-electron chi connectivity index (χ0n) is 18.6. The van der Waals surface area contributed by atoms with Gasteiger partial charge in [-0.2, -0.15) is 0 Å². The molecule has 2 aromatic rings. The Labute approximate surface area is 208 Å². The number of nitrogens with one attached hydrogen (secondary N) is 1. The van der Waals surface area contributed by atoms with Crippen molar-refractivity contribution in [3.8, 4) is 0 Å². The number of nitrogens with zero attached hydrogens (tertiary/aromatic N) is 2. The number of allylic oxidation sites excluding steroid dienone is 1. The van der Waals surface area contributed by atoms with Gasteiger partial charge in [0.25, 0.3) is 5.91 Å². The van der Waals surface area contributed by atoms with E-state index in [9.17, 15) is 24.3 Å². The fraction of sp³-hybridized carbons (Fsp3) is 0.261. The number of fused-ring (bicyclic) bond motifs is 1. The maximum absolute atomic E-state index is 12.9. The van der Waals surface area contributed by atoms with Gasteiger partial charge in [-0.25, -0.2) is 9.59 Å². The highest BCUT2D eigenvalue weighted by atomic mass is 32.2. The van der Waals surface area contributed by atoms with Crippen LogP contribution in [0.4, 0.5) is 0 Å². The third kappa shape index (κ3) is 4.98. The van der Waals surface area contributed by atoms with Crippen LogP contribution < -0.4 is 5.32 Å². The molecule has 0 aliphatic carbocycles. The average molecular weight is 516 g/mol. The molecule has 0 saturated carbocycles. The van der Waals surface area contributed by atoms with E-state index in [1.54, 1.807) is 6.92 Å². The minimum atomic E-state index is -1.31. The Morgan fingerprint density at radius 2 is 2.09 bits per heavy atom. The van der Waals surface area contributed by atoms with E-state index in [4.69, 9.17) is 9.26 Å². The summed E-state index contributed by atoms with van der Waals surface area (Å²) >= 11 is 2.64. The monoisotopic (exact) mass is 515 g/mol. The van der Waals surface area contributed by atoms with E-state index in [1.807, 2.05) is 30.3 Å². The Morgan fingerprint density at radius 3 is 2.77 bits per heavy atom. The van der Waals surface area contributed by atoms with Crippen LogP contribution in [0.5, 0.6) is 0 Å². The van der Waals surface area contributed by atoms with Crippen LogP contribution in [0.1, 0.15) is 23.2 Å². The van der Waals surface area contributed by atoms with Gasteiger partial charge in [0, 0.05) is 27.9 Å². The minimum absolute atomic E-state index is 0.0713. The Balaban J connectivity index is 1.46. The lowest BCUT2D eigenvalue weighted by atomic mass is 9.98. The number of benzene rings is 1. The Morgan fingerprint density at radius 1 is 1.34 bits per heavy atom. The molecule has 0 spiro atoms. The summed E-state index contributed by atoms with van der Waals surface area (Å²) in [6, 6.07) is 9.87. The highest BCUT2D eigenvalue weighted by Crippen LogP contribution is 2.43. The molecule has 0 radical (unpaired) electrons. The average Bonchev–Trinajstić information content (AvgIpc) is 3.36. The Bertz CT molecular complexity index is 1220. The van der Waals surface area contributed by atoms with Crippen molar-refractivity contribution in [2.45, 2.75) is 23.2 Å².